The predicted octanol–water partition coefficient (Wildman–Crippen LogP) is 4.85. The van der Waals surface area contributed by atoms with Gasteiger partial charge in [-0.3, -0.25) is 4.55 Å². The molecule has 3 aromatic heterocycles. The van der Waals surface area contributed by atoms with Crippen molar-refractivity contribution in [3.8, 4) is 0 Å². The second kappa shape index (κ2) is 11.5. The first-order chi connectivity index (χ1) is 18.6. The smallest absolute Gasteiger partial charge is 0.294 e. The topological polar surface area (TPSA) is 156 Å². The molecule has 0 unspecified atom stereocenters. The van der Waals surface area contributed by atoms with Crippen molar-refractivity contribution in [3.05, 3.63) is 84.4 Å². The fourth-order valence-corrected chi connectivity index (χ4v) is 6.96. The van der Waals surface area contributed by atoms with E-state index in [-0.39, 0.29) is 15.3 Å². The molecule has 0 radical (unpaired) electrons. The van der Waals surface area contributed by atoms with Gasteiger partial charge in [0, 0.05) is 17.6 Å². The highest BCUT2D eigenvalue weighted by atomic mass is 32.2. The van der Waals surface area contributed by atoms with Crippen molar-refractivity contribution in [2.24, 2.45) is 0 Å². The predicted molar refractivity (Wildman–Crippen MR) is 154 cm³/mol. The summed E-state index contributed by atoms with van der Waals surface area (Å²) in [5.41, 5.74) is 3.23. The van der Waals surface area contributed by atoms with Gasteiger partial charge < -0.3 is 10.0 Å². The number of hydrogen-bond acceptors (Lipinski definition) is 6. The fourth-order valence-electron chi connectivity index (χ4n) is 5.16. The van der Waals surface area contributed by atoms with Gasteiger partial charge in [0.15, 0.2) is 5.65 Å². The van der Waals surface area contributed by atoms with Crippen LogP contribution in [0, 0.1) is 13.8 Å². The lowest BCUT2D eigenvalue weighted by Gasteiger charge is -2.25. The standard InChI is InChI=1S/C21H22N4O2S.C7H8O3S.H2O/c1-15-23-19-14-22-21-18(20(19)25(15)16-8-4-2-5-9-16)12-13-24(21)28(26,27)17-10-6-3-7-11-17;1-6-2-4-7(5-3-6)11(8,9)10;/h3,6-7,10-14,16H,2,4-5,8-9H2,1H3;2-5H,1H3,(H,8,9,10);1H2. The Bertz CT molecular complexity index is 1840. The lowest BCUT2D eigenvalue weighted by Crippen LogP contribution is -2.14. The first kappa shape index (κ1) is 29.4. The molecule has 1 aliphatic carbocycles. The Kier molecular flexibility index (Phi) is 8.45. The Morgan fingerprint density at radius 2 is 1.50 bits per heavy atom. The van der Waals surface area contributed by atoms with Crippen LogP contribution in [0.2, 0.25) is 0 Å². The third-order valence-electron chi connectivity index (χ3n) is 7.06. The fraction of sp³-hybridized carbons (Fsp3) is 0.286. The minimum Gasteiger partial charge on any atom is -0.412 e. The quantitative estimate of drug-likeness (QED) is 0.296. The molecular weight excluding hydrogens is 552 g/mol. The number of nitrogens with zero attached hydrogens (tertiary/aromatic N) is 4. The van der Waals surface area contributed by atoms with Crippen LogP contribution in [-0.2, 0) is 20.1 Å². The van der Waals surface area contributed by atoms with E-state index >= 15 is 0 Å². The lowest BCUT2D eigenvalue weighted by atomic mass is 9.95. The van der Waals surface area contributed by atoms with Crippen molar-refractivity contribution in [1.82, 2.24) is 18.5 Å². The van der Waals surface area contributed by atoms with Crippen molar-refractivity contribution in [3.63, 3.8) is 0 Å². The molecular formula is C28H32N4O6S2. The second-order valence-corrected chi connectivity index (χ2v) is 13.0. The normalized spacial score (nSPS) is 14.5. The largest absolute Gasteiger partial charge is 0.412 e. The molecule has 0 saturated heterocycles. The molecule has 0 spiro atoms. The Hall–Kier alpha value is -3.58. The molecule has 0 bridgehead atoms. The summed E-state index contributed by atoms with van der Waals surface area (Å²) in [4.78, 5) is 9.37. The van der Waals surface area contributed by atoms with Crippen LogP contribution in [-0.4, -0.2) is 45.4 Å². The third-order valence-corrected chi connectivity index (χ3v) is 9.61. The summed E-state index contributed by atoms with van der Waals surface area (Å²) in [5.74, 6) is 0.967. The Labute approximate surface area is 233 Å². The molecule has 1 aliphatic rings. The number of aromatic nitrogens is 4. The van der Waals surface area contributed by atoms with Crippen molar-refractivity contribution in [2.75, 3.05) is 0 Å². The molecule has 3 heterocycles. The van der Waals surface area contributed by atoms with Crippen molar-refractivity contribution in [2.45, 2.75) is 61.8 Å². The van der Waals surface area contributed by atoms with Crippen LogP contribution in [0.25, 0.3) is 22.1 Å². The van der Waals surface area contributed by atoms with Crippen LogP contribution in [0.15, 0.2) is 82.8 Å². The van der Waals surface area contributed by atoms with Gasteiger partial charge in [-0.2, -0.15) is 8.42 Å². The lowest BCUT2D eigenvalue weighted by molar-refractivity contribution is 0.355. The molecule has 1 saturated carbocycles. The van der Waals surface area contributed by atoms with E-state index in [9.17, 15) is 16.8 Å². The van der Waals surface area contributed by atoms with Crippen LogP contribution >= 0.6 is 0 Å². The minimum atomic E-state index is -4.02. The SMILES string of the molecule is Cc1ccc(S(=O)(=O)O)cc1.Cc1nc2cnc3c(ccn3S(=O)(=O)c3ccccc3)c2n1C1CCCCC1.O. The van der Waals surface area contributed by atoms with Crippen LogP contribution in [0.5, 0.6) is 0 Å². The Morgan fingerprint density at radius 3 is 2.12 bits per heavy atom. The molecule has 2 aromatic carbocycles. The molecule has 1 fully saturated rings. The van der Waals surface area contributed by atoms with Gasteiger partial charge in [-0.15, -0.1) is 0 Å². The first-order valence-electron chi connectivity index (χ1n) is 12.8. The zero-order valence-electron chi connectivity index (χ0n) is 22.2. The van der Waals surface area contributed by atoms with Gasteiger partial charge in [0.05, 0.1) is 21.5 Å². The number of rotatable bonds is 4. The van der Waals surface area contributed by atoms with Crippen LogP contribution < -0.4 is 0 Å². The maximum Gasteiger partial charge on any atom is 0.294 e. The molecule has 10 nitrogen and oxygen atoms in total. The summed E-state index contributed by atoms with van der Waals surface area (Å²) in [6.07, 6.45) is 9.31. The molecule has 6 rings (SSSR count). The zero-order valence-corrected chi connectivity index (χ0v) is 23.9. The number of aryl methyl sites for hydroxylation is 2. The number of imidazole rings is 1. The molecule has 0 atom stereocenters. The molecule has 12 heteroatoms. The van der Waals surface area contributed by atoms with Crippen LogP contribution in [0.3, 0.4) is 0 Å². The maximum atomic E-state index is 13.1. The minimum absolute atomic E-state index is 0. The van der Waals surface area contributed by atoms with E-state index in [0.29, 0.717) is 11.7 Å². The first-order valence-corrected chi connectivity index (χ1v) is 15.6. The van der Waals surface area contributed by atoms with Gasteiger partial charge in [0.2, 0.25) is 0 Å². The second-order valence-electron chi connectivity index (χ2n) is 9.77. The van der Waals surface area contributed by atoms with Crippen LogP contribution in [0.4, 0.5) is 0 Å². The van der Waals surface area contributed by atoms with Gasteiger partial charge in [-0.25, -0.2) is 22.4 Å². The Morgan fingerprint density at radius 1 is 0.850 bits per heavy atom. The summed E-state index contributed by atoms with van der Waals surface area (Å²) in [6.45, 7) is 3.87. The molecule has 0 amide bonds. The van der Waals surface area contributed by atoms with Gasteiger partial charge >= 0.3 is 0 Å². The number of pyridine rings is 1. The summed E-state index contributed by atoms with van der Waals surface area (Å²) in [5, 5.41) is 0.836. The summed E-state index contributed by atoms with van der Waals surface area (Å²) < 4.78 is 59.4. The molecule has 5 aromatic rings. The molecule has 212 valence electrons. The molecule has 0 aliphatic heterocycles. The summed E-state index contributed by atoms with van der Waals surface area (Å²) in [6, 6.07) is 16.7. The average Bonchev–Trinajstić information content (AvgIpc) is 3.50. The Balaban J connectivity index is 0.000000262. The molecule has 40 heavy (non-hydrogen) atoms. The van der Waals surface area contributed by atoms with Gasteiger partial charge in [0.1, 0.15) is 11.3 Å². The van der Waals surface area contributed by atoms with E-state index in [4.69, 9.17) is 9.54 Å². The van der Waals surface area contributed by atoms with E-state index in [1.54, 1.807) is 54.9 Å². The highest BCUT2D eigenvalue weighted by Crippen LogP contribution is 2.35. The van der Waals surface area contributed by atoms with Crippen molar-refractivity contribution < 1.29 is 26.9 Å². The number of hydrogen-bond donors (Lipinski definition) is 1. The number of fused-ring (bicyclic) bond motifs is 3. The van der Waals surface area contributed by atoms with E-state index < -0.39 is 20.1 Å². The van der Waals surface area contributed by atoms with Gasteiger partial charge in [-0.05, 0) is 57.0 Å². The van der Waals surface area contributed by atoms with Gasteiger partial charge in [-0.1, -0.05) is 55.2 Å². The highest BCUT2D eigenvalue weighted by molar-refractivity contribution is 7.90. The zero-order chi connectivity index (χ0) is 27.8. The van der Waals surface area contributed by atoms with Gasteiger partial charge in [0.25, 0.3) is 20.1 Å². The van der Waals surface area contributed by atoms with Crippen molar-refractivity contribution in [1.29, 1.82) is 0 Å². The number of benzene rings is 2. The third kappa shape index (κ3) is 5.66. The monoisotopic (exact) mass is 584 g/mol. The summed E-state index contributed by atoms with van der Waals surface area (Å²) >= 11 is 0. The van der Waals surface area contributed by atoms with E-state index in [2.05, 4.69) is 9.55 Å². The van der Waals surface area contributed by atoms with Crippen LogP contribution in [0.1, 0.15) is 49.5 Å². The highest BCUT2D eigenvalue weighted by Gasteiger charge is 2.25. The van der Waals surface area contributed by atoms with E-state index in [1.807, 2.05) is 19.9 Å². The summed E-state index contributed by atoms with van der Waals surface area (Å²) in [7, 11) is -7.72. The van der Waals surface area contributed by atoms with Crippen molar-refractivity contribution >= 4 is 42.2 Å². The van der Waals surface area contributed by atoms with E-state index in [0.717, 1.165) is 40.6 Å². The maximum absolute atomic E-state index is 13.1. The molecule has 3 N–H and O–H groups in total. The average molecular weight is 585 g/mol. The van der Waals surface area contributed by atoms with E-state index in [1.165, 1.54) is 35.4 Å².